The molecule has 0 saturated carbocycles. The molecule has 2 N–H and O–H groups in total. The number of halogens is 1. The highest BCUT2D eigenvalue weighted by Crippen LogP contribution is 2.22. The maximum absolute atomic E-state index is 14.6. The van der Waals surface area contributed by atoms with Crippen LogP contribution in [0, 0.1) is 12.7 Å². The van der Waals surface area contributed by atoms with E-state index in [0.29, 0.717) is 38.0 Å². The molecule has 3 rings (SSSR count). The molecule has 0 unspecified atom stereocenters. The summed E-state index contributed by atoms with van der Waals surface area (Å²) in [5.74, 6) is 1.37. The van der Waals surface area contributed by atoms with Crippen molar-refractivity contribution in [2.45, 2.75) is 19.9 Å². The fourth-order valence-corrected chi connectivity index (χ4v) is 3.55. The number of hydrogen-bond acceptors (Lipinski definition) is 4. The molecule has 1 aliphatic rings. The van der Waals surface area contributed by atoms with E-state index in [-0.39, 0.29) is 5.82 Å². The number of ether oxygens (including phenoxy) is 2. The predicted octanol–water partition coefficient (Wildman–Crippen LogP) is 2.89. The Morgan fingerprint density at radius 2 is 1.97 bits per heavy atom. The van der Waals surface area contributed by atoms with E-state index < -0.39 is 0 Å². The Morgan fingerprint density at radius 3 is 2.67 bits per heavy atom. The largest absolute Gasteiger partial charge is 0.496 e. The van der Waals surface area contributed by atoms with Crippen molar-refractivity contribution in [1.29, 1.82) is 0 Å². The van der Waals surface area contributed by atoms with Gasteiger partial charge in [0, 0.05) is 33.2 Å². The summed E-state index contributed by atoms with van der Waals surface area (Å²) in [7, 11) is 3.41. The summed E-state index contributed by atoms with van der Waals surface area (Å²) in [4.78, 5) is 6.28. The molecule has 0 radical (unpaired) electrons. The van der Waals surface area contributed by atoms with Crippen LogP contribution < -0.4 is 20.3 Å². The van der Waals surface area contributed by atoms with Crippen LogP contribution >= 0.6 is 0 Å². The molecule has 30 heavy (non-hydrogen) atoms. The summed E-state index contributed by atoms with van der Waals surface area (Å²) in [6.07, 6.45) is 0.814. The van der Waals surface area contributed by atoms with Gasteiger partial charge in [0.15, 0.2) is 5.96 Å². The highest BCUT2D eigenvalue weighted by atomic mass is 19.1. The number of morpholine rings is 1. The van der Waals surface area contributed by atoms with Gasteiger partial charge in [-0.25, -0.2) is 4.39 Å². The number of hydrogen-bond donors (Lipinski definition) is 2. The van der Waals surface area contributed by atoms with E-state index in [1.54, 1.807) is 20.2 Å². The number of nitrogens with one attached hydrogen (secondary N) is 2. The highest BCUT2D eigenvalue weighted by molar-refractivity contribution is 5.79. The lowest BCUT2D eigenvalue weighted by Crippen LogP contribution is -2.38. The molecule has 6 nitrogen and oxygen atoms in total. The smallest absolute Gasteiger partial charge is 0.191 e. The summed E-state index contributed by atoms with van der Waals surface area (Å²) < 4.78 is 25.3. The van der Waals surface area contributed by atoms with Gasteiger partial charge in [0.05, 0.1) is 26.0 Å². The Kier molecular flexibility index (Phi) is 7.90. The van der Waals surface area contributed by atoms with Gasteiger partial charge in [-0.15, -0.1) is 0 Å². The summed E-state index contributed by atoms with van der Waals surface area (Å²) in [5, 5.41) is 6.55. The summed E-state index contributed by atoms with van der Waals surface area (Å²) >= 11 is 0. The first-order chi connectivity index (χ1) is 14.6. The molecule has 0 bridgehead atoms. The zero-order valence-corrected chi connectivity index (χ0v) is 18.0. The lowest BCUT2D eigenvalue weighted by atomic mass is 10.1. The average molecular weight is 415 g/mol. The normalized spacial score (nSPS) is 14.5. The van der Waals surface area contributed by atoms with Gasteiger partial charge in [-0.3, -0.25) is 4.99 Å². The third kappa shape index (κ3) is 5.86. The van der Waals surface area contributed by atoms with E-state index in [0.717, 1.165) is 36.4 Å². The number of benzene rings is 2. The van der Waals surface area contributed by atoms with E-state index in [1.807, 2.05) is 29.2 Å². The molecular formula is C23H31FN4O2. The molecule has 1 heterocycles. The Hall–Kier alpha value is -2.80. The predicted molar refractivity (Wildman–Crippen MR) is 119 cm³/mol. The molecule has 162 valence electrons. The molecular weight excluding hydrogens is 383 g/mol. The SMILES string of the molecule is CN=C(NCCc1cc(C)ccc1OC)NCc1ccc(N2CCOCC2)c(F)c1. The van der Waals surface area contributed by atoms with Gasteiger partial charge in [-0.05, 0) is 42.7 Å². The zero-order chi connectivity index (χ0) is 21.3. The second-order valence-electron chi connectivity index (χ2n) is 7.30. The Balaban J connectivity index is 1.50. The van der Waals surface area contributed by atoms with E-state index >= 15 is 0 Å². The van der Waals surface area contributed by atoms with E-state index in [2.05, 4.69) is 28.6 Å². The third-order valence-electron chi connectivity index (χ3n) is 5.17. The fraction of sp³-hybridized carbons (Fsp3) is 0.435. The monoisotopic (exact) mass is 414 g/mol. The average Bonchev–Trinajstić information content (AvgIpc) is 2.77. The quantitative estimate of drug-likeness (QED) is 0.539. The Labute approximate surface area is 178 Å². The topological polar surface area (TPSA) is 58.1 Å². The maximum atomic E-state index is 14.6. The van der Waals surface area contributed by atoms with Gasteiger partial charge < -0.3 is 25.0 Å². The van der Waals surface area contributed by atoms with E-state index in [9.17, 15) is 4.39 Å². The molecule has 1 aliphatic heterocycles. The zero-order valence-electron chi connectivity index (χ0n) is 18.0. The minimum Gasteiger partial charge on any atom is -0.496 e. The van der Waals surface area contributed by atoms with Crippen LogP contribution in [0.5, 0.6) is 5.75 Å². The van der Waals surface area contributed by atoms with Crippen molar-refractivity contribution in [3.63, 3.8) is 0 Å². The summed E-state index contributed by atoms with van der Waals surface area (Å²) in [6.45, 7) is 5.99. The molecule has 0 aromatic heterocycles. The first-order valence-corrected chi connectivity index (χ1v) is 10.3. The lowest BCUT2D eigenvalue weighted by Gasteiger charge is -2.29. The number of aryl methyl sites for hydroxylation is 1. The number of guanidine groups is 1. The highest BCUT2D eigenvalue weighted by Gasteiger charge is 2.15. The van der Waals surface area contributed by atoms with Crippen molar-refractivity contribution >= 4 is 11.6 Å². The van der Waals surface area contributed by atoms with Crippen molar-refractivity contribution in [3.05, 3.63) is 58.9 Å². The summed E-state index contributed by atoms with van der Waals surface area (Å²) in [5.41, 5.74) is 3.86. The minimum absolute atomic E-state index is 0.203. The van der Waals surface area contributed by atoms with Gasteiger partial charge in [0.2, 0.25) is 0 Å². The second-order valence-corrected chi connectivity index (χ2v) is 7.30. The number of rotatable bonds is 7. The minimum atomic E-state index is -0.203. The van der Waals surface area contributed by atoms with Crippen LogP contribution in [0.1, 0.15) is 16.7 Å². The van der Waals surface area contributed by atoms with Crippen LogP contribution in [0.25, 0.3) is 0 Å². The number of aliphatic imine (C=N–C) groups is 1. The molecule has 0 aliphatic carbocycles. The van der Waals surface area contributed by atoms with Gasteiger partial charge >= 0.3 is 0 Å². The van der Waals surface area contributed by atoms with Crippen molar-refractivity contribution in [2.75, 3.05) is 51.9 Å². The fourth-order valence-electron chi connectivity index (χ4n) is 3.55. The number of anilines is 1. The van der Waals surface area contributed by atoms with Crippen molar-refractivity contribution in [3.8, 4) is 5.75 Å². The van der Waals surface area contributed by atoms with Crippen LogP contribution in [0.2, 0.25) is 0 Å². The van der Waals surface area contributed by atoms with Gasteiger partial charge in [-0.1, -0.05) is 23.8 Å². The van der Waals surface area contributed by atoms with Crippen LogP contribution in [-0.4, -0.2) is 53.0 Å². The second kappa shape index (κ2) is 10.8. The van der Waals surface area contributed by atoms with Crippen molar-refractivity contribution in [2.24, 2.45) is 4.99 Å². The standard InChI is InChI=1S/C23H31FN4O2/c1-17-4-7-22(29-3)19(14-17)8-9-26-23(25-2)27-16-18-5-6-21(20(24)15-18)28-10-12-30-13-11-28/h4-7,14-15H,8-13,16H2,1-3H3,(H2,25,26,27). The number of nitrogens with zero attached hydrogens (tertiary/aromatic N) is 2. The molecule has 2 aromatic carbocycles. The molecule has 1 saturated heterocycles. The van der Waals surface area contributed by atoms with Crippen LogP contribution in [-0.2, 0) is 17.7 Å². The molecule has 1 fully saturated rings. The molecule has 7 heteroatoms. The third-order valence-corrected chi connectivity index (χ3v) is 5.17. The van der Waals surface area contributed by atoms with E-state index in [1.165, 1.54) is 5.56 Å². The summed E-state index contributed by atoms with van der Waals surface area (Å²) in [6, 6.07) is 11.5. The van der Waals surface area contributed by atoms with Crippen molar-refractivity contribution < 1.29 is 13.9 Å². The van der Waals surface area contributed by atoms with Gasteiger partial charge in [-0.2, -0.15) is 0 Å². The molecule has 2 aromatic rings. The van der Waals surface area contributed by atoms with E-state index in [4.69, 9.17) is 9.47 Å². The van der Waals surface area contributed by atoms with Crippen LogP contribution in [0.15, 0.2) is 41.4 Å². The van der Waals surface area contributed by atoms with Gasteiger partial charge in [0.25, 0.3) is 0 Å². The Morgan fingerprint density at radius 1 is 1.17 bits per heavy atom. The lowest BCUT2D eigenvalue weighted by molar-refractivity contribution is 0.122. The number of methoxy groups -OCH3 is 1. The molecule has 0 amide bonds. The van der Waals surface area contributed by atoms with Crippen LogP contribution in [0.4, 0.5) is 10.1 Å². The van der Waals surface area contributed by atoms with Gasteiger partial charge in [0.1, 0.15) is 11.6 Å². The molecule has 0 atom stereocenters. The Bertz CT molecular complexity index is 866. The first-order valence-electron chi connectivity index (χ1n) is 10.3. The van der Waals surface area contributed by atoms with Crippen LogP contribution in [0.3, 0.4) is 0 Å². The first kappa shape index (κ1) is 21.9. The maximum Gasteiger partial charge on any atom is 0.191 e. The van der Waals surface area contributed by atoms with Crippen molar-refractivity contribution in [1.82, 2.24) is 10.6 Å². The molecule has 0 spiro atoms.